The maximum atomic E-state index is 10.3. The smallest absolute Gasteiger partial charge is 0.0545 e. The molecule has 0 aromatic heterocycles. The Morgan fingerprint density at radius 2 is 1.64 bits per heavy atom. The van der Waals surface area contributed by atoms with Gasteiger partial charge in [0.15, 0.2) is 0 Å². The van der Waals surface area contributed by atoms with Crippen molar-refractivity contribution in [2.24, 2.45) is 46.8 Å². The van der Waals surface area contributed by atoms with Crippen LogP contribution in [0.15, 0.2) is 0 Å². The molecular weight excluding hydrogens is 304 g/mol. The second kappa shape index (κ2) is 8.77. The highest BCUT2D eigenvalue weighted by molar-refractivity contribution is 5.06. The van der Waals surface area contributed by atoms with Crippen molar-refractivity contribution < 1.29 is 5.11 Å². The summed E-state index contributed by atoms with van der Waals surface area (Å²) in [6.45, 7) is 15.8. The third-order valence-electron chi connectivity index (χ3n) is 8.44. The van der Waals surface area contributed by atoms with Gasteiger partial charge in [-0.2, -0.15) is 0 Å². The lowest BCUT2D eigenvalue weighted by Gasteiger charge is -2.55. The molecule has 148 valence electrons. The van der Waals surface area contributed by atoms with Crippen molar-refractivity contribution in [2.45, 2.75) is 106 Å². The number of aliphatic hydroxyl groups excluding tert-OH is 1. The zero-order chi connectivity index (χ0) is 18.8. The molecule has 3 aliphatic carbocycles. The molecule has 3 aliphatic rings. The van der Waals surface area contributed by atoms with Crippen molar-refractivity contribution in [1.29, 1.82) is 0 Å². The lowest BCUT2D eigenvalue weighted by atomic mass is 9.50. The number of aliphatic hydroxyl groups is 1. The first-order valence-electron chi connectivity index (χ1n) is 11.6. The molecule has 0 heterocycles. The average Bonchev–Trinajstić information content (AvgIpc) is 2.94. The van der Waals surface area contributed by atoms with Gasteiger partial charge in [0.2, 0.25) is 0 Å². The van der Waals surface area contributed by atoms with E-state index in [1.807, 2.05) is 20.8 Å². The molecule has 1 heteroatoms. The number of hydrogen-bond acceptors (Lipinski definition) is 1. The standard InChI is InChI=1S/C22H40O.C2H6/c1-6-16-7-8-18-17(19(16)13-14(2)3)11-12-22(5)20(15(4)23)9-10-21(18)22;1-2/h14-21,23H,6-13H2,1-5H3;1-2H3. The maximum Gasteiger partial charge on any atom is 0.0545 e. The Morgan fingerprint density at radius 3 is 2.20 bits per heavy atom. The van der Waals surface area contributed by atoms with E-state index in [1.54, 1.807) is 0 Å². The second-order valence-electron chi connectivity index (χ2n) is 9.94. The van der Waals surface area contributed by atoms with E-state index in [2.05, 4.69) is 27.7 Å². The Hall–Kier alpha value is -0.0400. The van der Waals surface area contributed by atoms with E-state index < -0.39 is 0 Å². The number of fused-ring (bicyclic) bond motifs is 3. The molecule has 0 amide bonds. The first kappa shape index (κ1) is 21.3. The van der Waals surface area contributed by atoms with E-state index in [4.69, 9.17) is 0 Å². The summed E-state index contributed by atoms with van der Waals surface area (Å²) in [6.07, 6.45) is 11.1. The first-order chi connectivity index (χ1) is 11.9. The van der Waals surface area contributed by atoms with Crippen molar-refractivity contribution in [3.8, 4) is 0 Å². The Balaban J connectivity index is 0.00000109. The van der Waals surface area contributed by atoms with Crippen LogP contribution in [0.5, 0.6) is 0 Å². The van der Waals surface area contributed by atoms with Crippen molar-refractivity contribution in [2.75, 3.05) is 0 Å². The lowest BCUT2D eigenvalue weighted by molar-refractivity contribution is -0.0740. The fraction of sp³-hybridized carbons (Fsp3) is 1.00. The van der Waals surface area contributed by atoms with Gasteiger partial charge in [0.05, 0.1) is 6.10 Å². The minimum Gasteiger partial charge on any atom is -0.393 e. The van der Waals surface area contributed by atoms with Crippen LogP contribution in [-0.2, 0) is 0 Å². The van der Waals surface area contributed by atoms with E-state index in [0.29, 0.717) is 11.3 Å². The largest absolute Gasteiger partial charge is 0.393 e. The second-order valence-corrected chi connectivity index (χ2v) is 9.94. The maximum absolute atomic E-state index is 10.3. The Morgan fingerprint density at radius 1 is 0.960 bits per heavy atom. The quantitative estimate of drug-likeness (QED) is 0.582. The van der Waals surface area contributed by atoms with Crippen LogP contribution in [-0.4, -0.2) is 11.2 Å². The van der Waals surface area contributed by atoms with Gasteiger partial charge in [-0.15, -0.1) is 0 Å². The molecule has 3 rings (SSSR count). The zero-order valence-corrected chi connectivity index (χ0v) is 18.2. The van der Waals surface area contributed by atoms with Gasteiger partial charge in [-0.05, 0) is 98.7 Å². The summed E-state index contributed by atoms with van der Waals surface area (Å²) >= 11 is 0. The summed E-state index contributed by atoms with van der Waals surface area (Å²) < 4.78 is 0. The molecule has 0 aromatic carbocycles. The van der Waals surface area contributed by atoms with Gasteiger partial charge in [-0.25, -0.2) is 0 Å². The summed E-state index contributed by atoms with van der Waals surface area (Å²) in [5.74, 6) is 6.21. The van der Waals surface area contributed by atoms with Crippen LogP contribution in [0.4, 0.5) is 0 Å². The van der Waals surface area contributed by atoms with E-state index in [1.165, 1.54) is 51.4 Å². The summed E-state index contributed by atoms with van der Waals surface area (Å²) in [5, 5.41) is 10.3. The van der Waals surface area contributed by atoms with E-state index >= 15 is 0 Å². The van der Waals surface area contributed by atoms with Gasteiger partial charge in [-0.3, -0.25) is 0 Å². The van der Waals surface area contributed by atoms with E-state index in [9.17, 15) is 5.11 Å². The molecule has 0 saturated heterocycles. The zero-order valence-electron chi connectivity index (χ0n) is 18.2. The fourth-order valence-corrected chi connectivity index (χ4v) is 7.49. The normalized spacial score (nSPS) is 44.5. The van der Waals surface area contributed by atoms with Gasteiger partial charge >= 0.3 is 0 Å². The molecule has 8 unspecified atom stereocenters. The van der Waals surface area contributed by atoms with Crippen molar-refractivity contribution in [3.63, 3.8) is 0 Å². The van der Waals surface area contributed by atoms with Crippen LogP contribution in [0.3, 0.4) is 0 Å². The molecule has 0 aliphatic heterocycles. The third-order valence-corrected chi connectivity index (χ3v) is 8.44. The Bertz CT molecular complexity index is 401. The van der Waals surface area contributed by atoms with Crippen LogP contribution < -0.4 is 0 Å². The highest BCUT2D eigenvalue weighted by Gasteiger charge is 2.57. The highest BCUT2D eigenvalue weighted by atomic mass is 16.3. The minimum absolute atomic E-state index is 0.111. The van der Waals surface area contributed by atoms with Crippen LogP contribution >= 0.6 is 0 Å². The first-order valence-corrected chi connectivity index (χ1v) is 11.6. The van der Waals surface area contributed by atoms with Crippen molar-refractivity contribution in [1.82, 2.24) is 0 Å². The molecule has 1 N–H and O–H groups in total. The molecule has 0 spiro atoms. The molecule has 0 radical (unpaired) electrons. The van der Waals surface area contributed by atoms with Crippen LogP contribution in [0, 0.1) is 46.8 Å². The SMILES string of the molecule is CC.CCC1CCC2C(CCC3(C)C(C(C)O)CCC23)C1CC(C)C. The molecule has 3 fully saturated rings. The molecule has 25 heavy (non-hydrogen) atoms. The van der Waals surface area contributed by atoms with Crippen LogP contribution in [0.25, 0.3) is 0 Å². The predicted molar refractivity (Wildman–Crippen MR) is 110 cm³/mol. The van der Waals surface area contributed by atoms with Gasteiger partial charge in [0.1, 0.15) is 0 Å². The van der Waals surface area contributed by atoms with E-state index in [-0.39, 0.29) is 6.10 Å². The third kappa shape index (κ3) is 3.97. The van der Waals surface area contributed by atoms with E-state index in [0.717, 1.165) is 35.5 Å². The van der Waals surface area contributed by atoms with Crippen LogP contribution in [0.2, 0.25) is 0 Å². The minimum atomic E-state index is -0.111. The molecule has 8 atom stereocenters. The lowest BCUT2D eigenvalue weighted by Crippen LogP contribution is -2.48. The van der Waals surface area contributed by atoms with Gasteiger partial charge in [-0.1, -0.05) is 48.0 Å². The molecule has 3 saturated carbocycles. The Labute approximate surface area is 158 Å². The molecule has 0 aromatic rings. The van der Waals surface area contributed by atoms with Gasteiger partial charge in [0, 0.05) is 0 Å². The average molecular weight is 351 g/mol. The van der Waals surface area contributed by atoms with Gasteiger partial charge in [0.25, 0.3) is 0 Å². The topological polar surface area (TPSA) is 20.2 Å². The van der Waals surface area contributed by atoms with Crippen LogP contribution in [0.1, 0.15) is 99.8 Å². The molecular formula is C24H46O. The molecule has 1 nitrogen and oxygen atoms in total. The summed E-state index contributed by atoms with van der Waals surface area (Å²) in [6, 6.07) is 0. The summed E-state index contributed by atoms with van der Waals surface area (Å²) in [7, 11) is 0. The van der Waals surface area contributed by atoms with Crippen molar-refractivity contribution >= 4 is 0 Å². The number of rotatable bonds is 4. The summed E-state index contributed by atoms with van der Waals surface area (Å²) in [5.41, 5.74) is 0.427. The highest BCUT2D eigenvalue weighted by Crippen LogP contribution is 2.64. The fourth-order valence-electron chi connectivity index (χ4n) is 7.49. The number of hydrogen-bond donors (Lipinski definition) is 1. The molecule has 0 bridgehead atoms. The van der Waals surface area contributed by atoms with Gasteiger partial charge < -0.3 is 5.11 Å². The Kier molecular flexibility index (Phi) is 7.45. The predicted octanol–water partition coefficient (Wildman–Crippen LogP) is 6.93. The van der Waals surface area contributed by atoms with Crippen molar-refractivity contribution in [3.05, 3.63) is 0 Å². The summed E-state index contributed by atoms with van der Waals surface area (Å²) in [4.78, 5) is 0. The monoisotopic (exact) mass is 350 g/mol.